The monoisotopic (exact) mass is 324 g/mol. The summed E-state index contributed by atoms with van der Waals surface area (Å²) in [5, 5.41) is 4.62. The molecular weight excluding hydrogens is 304 g/mol. The fourth-order valence-electron chi connectivity index (χ4n) is 2.48. The van der Waals surface area contributed by atoms with Gasteiger partial charge < -0.3 is 10.2 Å². The van der Waals surface area contributed by atoms with E-state index in [-0.39, 0.29) is 6.04 Å². The molecule has 0 aliphatic carbocycles. The van der Waals surface area contributed by atoms with E-state index < -0.39 is 6.03 Å². The van der Waals surface area contributed by atoms with E-state index in [4.69, 9.17) is 4.84 Å². The number of hydrogen-bond acceptors (Lipinski definition) is 4. The first-order valence-electron chi connectivity index (χ1n) is 7.87. The minimum atomic E-state index is -0.449. The molecule has 1 heterocycles. The van der Waals surface area contributed by atoms with Gasteiger partial charge in [-0.25, -0.2) is 4.79 Å². The zero-order chi connectivity index (χ0) is 16.8. The van der Waals surface area contributed by atoms with Crippen molar-refractivity contribution < 1.29 is 9.63 Å². The molecule has 0 radical (unpaired) electrons. The van der Waals surface area contributed by atoms with E-state index in [0.29, 0.717) is 18.1 Å². The molecule has 0 aromatic heterocycles. The van der Waals surface area contributed by atoms with Crippen LogP contribution < -0.4 is 10.9 Å². The lowest BCUT2D eigenvalue weighted by molar-refractivity contribution is 0.0281. The van der Waals surface area contributed by atoms with Crippen LogP contribution in [0.25, 0.3) is 0 Å². The van der Waals surface area contributed by atoms with Crippen molar-refractivity contribution in [1.29, 1.82) is 0 Å². The first-order valence-corrected chi connectivity index (χ1v) is 7.87. The Bertz CT molecular complexity index is 703. The molecule has 1 saturated heterocycles. The van der Waals surface area contributed by atoms with E-state index >= 15 is 0 Å². The number of hydrazine groups is 1. The van der Waals surface area contributed by atoms with Gasteiger partial charge in [-0.2, -0.15) is 10.0 Å². The predicted octanol–water partition coefficient (Wildman–Crippen LogP) is 3.00. The summed E-state index contributed by atoms with van der Waals surface area (Å²) < 4.78 is 0. The standard InChI is InChI=1S/C18H20N4O2/c1-14(12-15-8-4-2-5-9-15)22-13-17(24-21-22)20-18(23)19-16-10-6-3-7-11-16/h2-11,14,21H,12-13H2,1H3,(H,19,23)/b20-17+. The van der Waals surface area contributed by atoms with Crippen molar-refractivity contribution >= 4 is 17.6 Å². The highest BCUT2D eigenvalue weighted by Gasteiger charge is 2.25. The first kappa shape index (κ1) is 16.2. The molecule has 0 spiro atoms. The normalized spacial score (nSPS) is 17.5. The van der Waals surface area contributed by atoms with Gasteiger partial charge in [0.15, 0.2) is 0 Å². The number of para-hydroxylation sites is 1. The Balaban J connectivity index is 1.53. The van der Waals surface area contributed by atoms with Crippen LogP contribution in [-0.2, 0) is 11.3 Å². The Labute approximate surface area is 141 Å². The van der Waals surface area contributed by atoms with Crippen LogP contribution in [0, 0.1) is 0 Å². The number of amides is 2. The minimum absolute atomic E-state index is 0.206. The van der Waals surface area contributed by atoms with Gasteiger partial charge in [0.1, 0.15) is 0 Å². The lowest BCUT2D eigenvalue weighted by Gasteiger charge is -2.20. The second kappa shape index (κ2) is 7.72. The van der Waals surface area contributed by atoms with E-state index in [1.54, 1.807) is 12.1 Å². The van der Waals surface area contributed by atoms with Gasteiger partial charge in [-0.3, -0.25) is 0 Å². The molecule has 24 heavy (non-hydrogen) atoms. The third kappa shape index (κ3) is 4.41. The summed E-state index contributed by atoms with van der Waals surface area (Å²) in [7, 11) is 0. The Morgan fingerprint density at radius 3 is 2.58 bits per heavy atom. The maximum absolute atomic E-state index is 11.9. The van der Waals surface area contributed by atoms with Crippen LogP contribution in [0.5, 0.6) is 0 Å². The quantitative estimate of drug-likeness (QED) is 0.907. The average Bonchev–Trinajstić information content (AvgIpc) is 3.05. The lowest BCUT2D eigenvalue weighted by atomic mass is 10.1. The molecule has 2 N–H and O–H groups in total. The van der Waals surface area contributed by atoms with Gasteiger partial charge >= 0.3 is 6.03 Å². The van der Waals surface area contributed by atoms with Crippen molar-refractivity contribution in [2.75, 3.05) is 11.9 Å². The zero-order valence-corrected chi connectivity index (χ0v) is 13.5. The highest BCUT2D eigenvalue weighted by molar-refractivity contribution is 5.98. The topological polar surface area (TPSA) is 66.0 Å². The van der Waals surface area contributed by atoms with Crippen molar-refractivity contribution in [2.45, 2.75) is 19.4 Å². The molecule has 0 bridgehead atoms. The molecule has 6 nitrogen and oxygen atoms in total. The maximum atomic E-state index is 11.9. The molecule has 1 aliphatic rings. The van der Waals surface area contributed by atoms with Crippen LogP contribution in [-0.4, -0.2) is 29.5 Å². The van der Waals surface area contributed by atoms with Gasteiger partial charge in [0, 0.05) is 11.7 Å². The third-order valence-corrected chi connectivity index (χ3v) is 3.74. The summed E-state index contributed by atoms with van der Waals surface area (Å²) in [6, 6.07) is 19.2. The van der Waals surface area contributed by atoms with Crippen LogP contribution in [0.2, 0.25) is 0 Å². The maximum Gasteiger partial charge on any atom is 0.348 e. The van der Waals surface area contributed by atoms with Crippen molar-refractivity contribution in [1.82, 2.24) is 10.6 Å². The summed E-state index contributed by atoms with van der Waals surface area (Å²) in [4.78, 5) is 21.2. The molecule has 2 aromatic carbocycles. The Morgan fingerprint density at radius 2 is 1.88 bits per heavy atom. The number of nitrogens with zero attached hydrogens (tertiary/aromatic N) is 2. The van der Waals surface area contributed by atoms with Gasteiger partial charge in [0.2, 0.25) is 5.90 Å². The van der Waals surface area contributed by atoms with Crippen LogP contribution in [0.15, 0.2) is 65.7 Å². The number of hydrogen-bond donors (Lipinski definition) is 2. The van der Waals surface area contributed by atoms with Crippen LogP contribution in [0.3, 0.4) is 0 Å². The summed E-state index contributed by atoms with van der Waals surface area (Å²) in [5.74, 6) is 0.350. The fraction of sp³-hybridized carbons (Fsp3) is 0.222. The molecule has 2 aromatic rings. The number of carbonyl (C=O) groups excluding carboxylic acids is 1. The molecule has 1 unspecified atom stereocenters. The Morgan fingerprint density at radius 1 is 1.21 bits per heavy atom. The average molecular weight is 324 g/mol. The minimum Gasteiger partial charge on any atom is -0.376 e. The van der Waals surface area contributed by atoms with Crippen LogP contribution in [0.4, 0.5) is 10.5 Å². The molecule has 0 saturated carbocycles. The van der Waals surface area contributed by atoms with Crippen molar-refractivity contribution in [3.63, 3.8) is 0 Å². The molecule has 1 fully saturated rings. The number of benzene rings is 2. The predicted molar refractivity (Wildman–Crippen MR) is 93.4 cm³/mol. The van der Waals surface area contributed by atoms with Crippen LogP contribution in [0.1, 0.15) is 12.5 Å². The highest BCUT2D eigenvalue weighted by atomic mass is 16.7. The molecule has 6 heteroatoms. The smallest absolute Gasteiger partial charge is 0.348 e. The summed E-state index contributed by atoms with van der Waals surface area (Å²) >= 11 is 0. The zero-order valence-electron chi connectivity index (χ0n) is 13.5. The Kier molecular flexibility index (Phi) is 5.20. The van der Waals surface area contributed by atoms with Gasteiger partial charge in [-0.05, 0) is 31.0 Å². The van der Waals surface area contributed by atoms with Crippen molar-refractivity contribution in [3.8, 4) is 0 Å². The van der Waals surface area contributed by atoms with Gasteiger partial charge in [0.05, 0.1) is 6.54 Å². The molecule has 3 rings (SSSR count). The number of nitrogens with one attached hydrogen (secondary N) is 2. The van der Waals surface area contributed by atoms with E-state index in [1.165, 1.54) is 5.56 Å². The van der Waals surface area contributed by atoms with Gasteiger partial charge in [-0.1, -0.05) is 54.1 Å². The van der Waals surface area contributed by atoms with E-state index in [1.807, 2.05) is 41.4 Å². The van der Waals surface area contributed by atoms with Crippen molar-refractivity contribution in [3.05, 3.63) is 66.2 Å². The fourth-order valence-corrected chi connectivity index (χ4v) is 2.48. The lowest BCUT2D eigenvalue weighted by Crippen LogP contribution is -2.39. The van der Waals surface area contributed by atoms with E-state index in [9.17, 15) is 4.79 Å². The number of aliphatic imine (C=N–C) groups is 1. The number of anilines is 1. The highest BCUT2D eigenvalue weighted by Crippen LogP contribution is 2.11. The number of carbonyl (C=O) groups is 1. The SMILES string of the molecule is CC(Cc1ccccc1)N1C/C(=N\C(=O)Nc2ccccc2)ON1. The van der Waals surface area contributed by atoms with Gasteiger partial charge in [0.25, 0.3) is 0 Å². The third-order valence-electron chi connectivity index (χ3n) is 3.74. The molecular formula is C18H20N4O2. The molecule has 1 atom stereocenters. The summed E-state index contributed by atoms with van der Waals surface area (Å²) in [5.41, 5.74) is 4.77. The van der Waals surface area contributed by atoms with E-state index in [0.717, 1.165) is 6.42 Å². The second-order valence-electron chi connectivity index (χ2n) is 5.66. The first-order chi connectivity index (χ1) is 11.7. The van der Waals surface area contributed by atoms with Crippen molar-refractivity contribution in [2.24, 2.45) is 4.99 Å². The molecule has 2 amide bonds. The second-order valence-corrected chi connectivity index (χ2v) is 5.66. The summed E-state index contributed by atoms with van der Waals surface area (Å²) in [6.07, 6.45) is 0.876. The molecule has 1 aliphatic heterocycles. The number of rotatable bonds is 4. The van der Waals surface area contributed by atoms with Crippen LogP contribution >= 0.6 is 0 Å². The van der Waals surface area contributed by atoms with Gasteiger partial charge in [-0.15, -0.1) is 0 Å². The molecule has 124 valence electrons. The summed E-state index contributed by atoms with van der Waals surface area (Å²) in [6.45, 7) is 2.53. The Hall–Kier alpha value is -2.70. The van der Waals surface area contributed by atoms with E-state index in [2.05, 4.69) is 35.0 Å². The number of urea groups is 1. The largest absolute Gasteiger partial charge is 0.376 e.